The van der Waals surface area contributed by atoms with Gasteiger partial charge in [0.1, 0.15) is 17.5 Å². The van der Waals surface area contributed by atoms with Gasteiger partial charge >= 0.3 is 0 Å². The molecule has 2 N–H and O–H groups in total. The van der Waals surface area contributed by atoms with Gasteiger partial charge in [0, 0.05) is 70.4 Å². The Balaban J connectivity index is 0.882. The lowest BCUT2D eigenvalue weighted by atomic mass is 10.0. The van der Waals surface area contributed by atoms with E-state index < -0.39 is 29.7 Å². The largest absolute Gasteiger partial charge is 0.373 e. The molecule has 1 aliphatic carbocycles. The van der Waals surface area contributed by atoms with Crippen LogP contribution in [-0.2, 0) is 9.59 Å². The van der Waals surface area contributed by atoms with Gasteiger partial charge in [-0.05, 0) is 62.9 Å². The van der Waals surface area contributed by atoms with E-state index in [2.05, 4.69) is 30.4 Å². The number of imide groups is 2. The van der Waals surface area contributed by atoms with Crippen LogP contribution in [0.1, 0.15) is 88.1 Å². The summed E-state index contributed by atoms with van der Waals surface area (Å²) < 4.78 is 1.70. The number of benzene rings is 1. The number of carbonyl (C=O) groups is 5. The zero-order valence-electron chi connectivity index (χ0n) is 31.7. The number of likely N-dealkylation sites (N-methyl/N-ethyl adjacent to an activating group) is 1. The topological polar surface area (TPSA) is 183 Å². The predicted molar refractivity (Wildman–Crippen MR) is 209 cm³/mol. The van der Waals surface area contributed by atoms with Crippen LogP contribution in [0.2, 0.25) is 0 Å². The van der Waals surface area contributed by atoms with E-state index in [1.165, 1.54) is 6.92 Å². The monoisotopic (exact) mass is 760 g/mol. The highest BCUT2D eigenvalue weighted by Gasteiger charge is 2.46. The molecule has 3 aromatic heterocycles. The van der Waals surface area contributed by atoms with Crippen molar-refractivity contribution in [1.82, 2.24) is 34.6 Å². The summed E-state index contributed by atoms with van der Waals surface area (Å²) in [6.45, 7) is 7.78. The lowest BCUT2D eigenvalue weighted by Gasteiger charge is -2.36. The Bertz CT molecular complexity index is 2330. The molecule has 3 aliphatic heterocycles. The number of aryl methyl sites for hydroxylation is 1. The molecule has 16 heteroatoms. The third-order valence-corrected chi connectivity index (χ3v) is 11.6. The van der Waals surface area contributed by atoms with E-state index in [0.717, 1.165) is 69.0 Å². The second-order valence-corrected chi connectivity index (χ2v) is 15.0. The van der Waals surface area contributed by atoms with Crippen molar-refractivity contribution in [2.75, 3.05) is 61.4 Å². The minimum Gasteiger partial charge on any atom is -0.373 e. The third-order valence-electron chi connectivity index (χ3n) is 11.6. The summed E-state index contributed by atoms with van der Waals surface area (Å²) in [7, 11) is 1.89. The van der Waals surface area contributed by atoms with E-state index in [0.29, 0.717) is 40.6 Å². The molecule has 1 saturated carbocycles. The number of piperidine rings is 1. The summed E-state index contributed by atoms with van der Waals surface area (Å²) in [6.07, 6.45) is 7.46. The number of rotatable bonds is 10. The van der Waals surface area contributed by atoms with E-state index in [1.54, 1.807) is 29.8 Å². The number of hydrogen-bond acceptors (Lipinski definition) is 13. The molecule has 4 amide bonds. The van der Waals surface area contributed by atoms with Crippen LogP contribution in [0.3, 0.4) is 0 Å². The van der Waals surface area contributed by atoms with Gasteiger partial charge in [-0.25, -0.2) is 9.97 Å². The van der Waals surface area contributed by atoms with Crippen LogP contribution in [0.5, 0.6) is 0 Å². The quantitative estimate of drug-likeness (QED) is 0.178. The number of ketones is 1. The molecule has 1 aromatic carbocycles. The first kappa shape index (κ1) is 36.9. The van der Waals surface area contributed by atoms with Crippen LogP contribution >= 0.6 is 0 Å². The van der Waals surface area contributed by atoms with E-state index >= 15 is 0 Å². The molecule has 0 radical (unpaired) electrons. The van der Waals surface area contributed by atoms with Crippen molar-refractivity contribution < 1.29 is 24.0 Å². The fraction of sp³-hybridized carbons (Fsp3) is 0.425. The van der Waals surface area contributed by atoms with Crippen molar-refractivity contribution in [3.05, 3.63) is 75.3 Å². The average molecular weight is 761 g/mol. The van der Waals surface area contributed by atoms with E-state index in [9.17, 15) is 28.8 Å². The van der Waals surface area contributed by atoms with Crippen LogP contribution in [0.15, 0.2) is 47.5 Å². The number of anilines is 4. The van der Waals surface area contributed by atoms with Gasteiger partial charge in [-0.2, -0.15) is 4.98 Å². The van der Waals surface area contributed by atoms with Crippen molar-refractivity contribution in [3.8, 4) is 0 Å². The Hall–Kier alpha value is -6.03. The highest BCUT2D eigenvalue weighted by molar-refractivity contribution is 6.25. The maximum Gasteiger partial charge on any atom is 0.264 e. The number of pyridine rings is 2. The second-order valence-electron chi connectivity index (χ2n) is 15.0. The number of aromatic nitrogens is 4. The molecule has 1 unspecified atom stereocenters. The number of fused-ring (bicyclic) bond motifs is 2. The number of hydrogen-bond donors (Lipinski definition) is 2. The van der Waals surface area contributed by atoms with Gasteiger partial charge < -0.3 is 15.1 Å². The minimum absolute atomic E-state index is 0.00709. The van der Waals surface area contributed by atoms with Gasteiger partial charge in [-0.3, -0.25) is 48.5 Å². The van der Waals surface area contributed by atoms with Crippen molar-refractivity contribution in [3.63, 3.8) is 0 Å². The molecule has 4 aliphatic rings. The molecular formula is C40H44N10O6. The maximum absolute atomic E-state index is 13.6. The number of Topliss-reactive ketones (excluding diaryl/α,β-unsaturated/α-hetero) is 1. The summed E-state index contributed by atoms with van der Waals surface area (Å²) >= 11 is 0. The van der Waals surface area contributed by atoms with E-state index in [1.807, 2.05) is 36.3 Å². The summed E-state index contributed by atoms with van der Waals surface area (Å²) in [5.41, 5.74) is 3.20. The van der Waals surface area contributed by atoms with Crippen molar-refractivity contribution in [2.45, 2.75) is 64.5 Å². The molecule has 290 valence electrons. The molecule has 4 aromatic rings. The molecule has 6 heterocycles. The summed E-state index contributed by atoms with van der Waals surface area (Å²) in [4.78, 5) is 98.6. The highest BCUT2D eigenvalue weighted by atomic mass is 16.2. The number of piperazine rings is 1. The van der Waals surface area contributed by atoms with E-state index in [-0.39, 0.29) is 46.9 Å². The van der Waals surface area contributed by atoms with Gasteiger partial charge in [0.2, 0.25) is 17.8 Å². The fourth-order valence-corrected chi connectivity index (χ4v) is 8.53. The third kappa shape index (κ3) is 6.67. The number of nitrogens with zero attached hydrogens (tertiary/aromatic N) is 8. The van der Waals surface area contributed by atoms with Gasteiger partial charge in [0.15, 0.2) is 5.78 Å². The fourth-order valence-electron chi connectivity index (χ4n) is 8.53. The smallest absolute Gasteiger partial charge is 0.264 e. The van der Waals surface area contributed by atoms with Gasteiger partial charge in [-0.15, -0.1) is 0 Å². The maximum atomic E-state index is 13.6. The van der Waals surface area contributed by atoms with Crippen LogP contribution in [0, 0.1) is 6.92 Å². The first-order valence-corrected chi connectivity index (χ1v) is 19.2. The molecule has 3 fully saturated rings. The Labute approximate surface area is 322 Å². The van der Waals surface area contributed by atoms with Crippen LogP contribution < -0.4 is 26.0 Å². The SMILES string of the molecule is CC(=O)c1c(C)c2cnc(Nc3ccc(N4CCN(CCN(C)c5cccc6c5C(=O)N(C5CCC(=O)NC5=O)C6=O)CC4)cn3)nc2n(C2CCCC2)c1=O. The summed E-state index contributed by atoms with van der Waals surface area (Å²) in [5.74, 6) is -1.44. The normalized spacial score (nSPS) is 19.2. The number of carbonyl (C=O) groups excluding carboxylic acids is 5. The minimum atomic E-state index is -1.01. The van der Waals surface area contributed by atoms with Crippen LogP contribution in [0.25, 0.3) is 11.0 Å². The molecule has 56 heavy (non-hydrogen) atoms. The molecule has 8 rings (SSSR count). The number of nitrogens with one attached hydrogen (secondary N) is 2. The lowest BCUT2D eigenvalue weighted by Crippen LogP contribution is -2.54. The molecular weight excluding hydrogens is 717 g/mol. The Kier molecular flexibility index (Phi) is 9.82. The molecule has 2 saturated heterocycles. The van der Waals surface area contributed by atoms with Gasteiger partial charge in [0.25, 0.3) is 17.4 Å². The first-order chi connectivity index (χ1) is 27.0. The highest BCUT2D eigenvalue weighted by Crippen LogP contribution is 2.35. The summed E-state index contributed by atoms with van der Waals surface area (Å²) in [5, 5.41) is 6.12. The average Bonchev–Trinajstić information content (AvgIpc) is 3.80. The van der Waals surface area contributed by atoms with Gasteiger partial charge in [0.05, 0.1) is 34.3 Å². The Morgan fingerprint density at radius 3 is 2.41 bits per heavy atom. The molecule has 16 nitrogen and oxygen atoms in total. The molecule has 0 bridgehead atoms. The molecule has 1 atom stereocenters. The summed E-state index contributed by atoms with van der Waals surface area (Å²) in [6, 6.07) is 8.03. The van der Waals surface area contributed by atoms with Crippen molar-refractivity contribution in [1.29, 1.82) is 0 Å². The van der Waals surface area contributed by atoms with Crippen molar-refractivity contribution in [2.24, 2.45) is 0 Å². The van der Waals surface area contributed by atoms with Gasteiger partial charge in [-0.1, -0.05) is 18.9 Å². The number of amides is 4. The second kappa shape index (κ2) is 14.9. The Morgan fingerprint density at radius 1 is 0.946 bits per heavy atom. The van der Waals surface area contributed by atoms with Crippen LogP contribution in [-0.4, -0.2) is 111 Å². The zero-order chi connectivity index (χ0) is 39.2. The first-order valence-electron chi connectivity index (χ1n) is 19.2. The standard InChI is InChI=1S/C40H44N10O6/c1-23-28-22-42-40(45-35(28)49(25-7-4-5-8-25)38(55)33(23)24(2)51)43-31-13-11-26(21-41-31)48-19-17-47(18-20-48)16-15-46(3)29-10-6-9-27-34(29)39(56)50(37(27)54)30-12-14-32(52)44-36(30)53/h6,9-11,13,21-22,25,30H,4-5,7-8,12,14-20H2,1-3H3,(H,44,52,53)(H,41,42,43,45). The predicted octanol–water partition coefficient (Wildman–Crippen LogP) is 3.22. The van der Waals surface area contributed by atoms with E-state index in [4.69, 9.17) is 4.98 Å². The Morgan fingerprint density at radius 2 is 1.71 bits per heavy atom. The lowest BCUT2D eigenvalue weighted by molar-refractivity contribution is -0.136. The van der Waals surface area contributed by atoms with Crippen LogP contribution in [0.4, 0.5) is 23.1 Å². The zero-order valence-corrected chi connectivity index (χ0v) is 31.7. The van der Waals surface area contributed by atoms with Crippen molar-refractivity contribution >= 4 is 63.6 Å². The molecule has 0 spiro atoms.